The quantitative estimate of drug-likeness (QED) is 0.700. The second-order valence-corrected chi connectivity index (χ2v) is 5.84. The molecular formula is C14H23F3O. The van der Waals surface area contributed by atoms with Gasteiger partial charge in [-0.05, 0) is 38.0 Å². The molecule has 1 fully saturated rings. The average molecular weight is 264 g/mol. The number of halogens is 3. The lowest BCUT2D eigenvalue weighted by Crippen LogP contribution is -2.30. The predicted octanol–water partition coefficient (Wildman–Crippen LogP) is 4.75. The lowest BCUT2D eigenvalue weighted by Gasteiger charge is -2.29. The lowest BCUT2D eigenvalue weighted by atomic mass is 9.79. The van der Waals surface area contributed by atoms with Crippen LogP contribution in [-0.4, -0.2) is 12.0 Å². The molecule has 1 saturated carbocycles. The minimum Gasteiger partial charge on any atom is -0.299 e. The van der Waals surface area contributed by atoms with E-state index in [2.05, 4.69) is 13.8 Å². The molecule has 0 spiro atoms. The summed E-state index contributed by atoms with van der Waals surface area (Å²) < 4.78 is 37.4. The standard InChI is InChI=1S/C14H23F3O/c1-10(2)4-3-5-13(18)11-6-8-12(9-7-11)14(15,16)17/h10-12H,3-9H2,1-2H3. The molecule has 0 aromatic heterocycles. The van der Waals surface area contributed by atoms with Crippen molar-refractivity contribution in [3.8, 4) is 0 Å². The molecule has 0 bridgehead atoms. The summed E-state index contributed by atoms with van der Waals surface area (Å²) in [6.45, 7) is 4.22. The van der Waals surface area contributed by atoms with Crippen molar-refractivity contribution >= 4 is 5.78 Å². The Kier molecular flexibility index (Phi) is 5.67. The monoisotopic (exact) mass is 264 g/mol. The minimum absolute atomic E-state index is 0.115. The van der Waals surface area contributed by atoms with E-state index in [0.717, 1.165) is 12.8 Å². The minimum atomic E-state index is -4.08. The van der Waals surface area contributed by atoms with Crippen molar-refractivity contribution in [1.29, 1.82) is 0 Å². The van der Waals surface area contributed by atoms with Crippen molar-refractivity contribution < 1.29 is 18.0 Å². The molecule has 0 unspecified atom stereocenters. The van der Waals surface area contributed by atoms with Crippen molar-refractivity contribution in [3.05, 3.63) is 0 Å². The summed E-state index contributed by atoms with van der Waals surface area (Å²) >= 11 is 0. The molecular weight excluding hydrogens is 241 g/mol. The van der Waals surface area contributed by atoms with Crippen molar-refractivity contribution in [2.75, 3.05) is 0 Å². The number of carbonyl (C=O) groups is 1. The third-order valence-corrected chi connectivity index (χ3v) is 3.85. The molecule has 4 heteroatoms. The zero-order chi connectivity index (χ0) is 13.8. The molecule has 0 aromatic rings. The fourth-order valence-corrected chi connectivity index (χ4v) is 2.63. The summed E-state index contributed by atoms with van der Waals surface area (Å²) in [6, 6.07) is 0. The summed E-state index contributed by atoms with van der Waals surface area (Å²) in [4.78, 5) is 11.9. The van der Waals surface area contributed by atoms with Gasteiger partial charge in [-0.15, -0.1) is 0 Å². The Hall–Kier alpha value is -0.540. The maximum Gasteiger partial charge on any atom is 0.391 e. The highest BCUT2D eigenvalue weighted by Crippen LogP contribution is 2.40. The van der Waals surface area contributed by atoms with Crippen LogP contribution in [0.1, 0.15) is 58.8 Å². The normalized spacial score (nSPS) is 25.4. The maximum absolute atomic E-state index is 12.5. The van der Waals surface area contributed by atoms with Crippen LogP contribution < -0.4 is 0 Å². The van der Waals surface area contributed by atoms with Crippen molar-refractivity contribution in [1.82, 2.24) is 0 Å². The van der Waals surface area contributed by atoms with Gasteiger partial charge < -0.3 is 0 Å². The van der Waals surface area contributed by atoms with Crippen LogP contribution in [0, 0.1) is 17.8 Å². The van der Waals surface area contributed by atoms with E-state index in [0.29, 0.717) is 25.2 Å². The molecule has 1 aliphatic carbocycles. The van der Waals surface area contributed by atoms with Crippen LogP contribution in [0.15, 0.2) is 0 Å². The molecule has 0 saturated heterocycles. The summed E-state index contributed by atoms with van der Waals surface area (Å²) in [6.07, 6.45) is -0.548. The smallest absolute Gasteiger partial charge is 0.299 e. The maximum atomic E-state index is 12.5. The second-order valence-electron chi connectivity index (χ2n) is 5.84. The summed E-state index contributed by atoms with van der Waals surface area (Å²) in [5.41, 5.74) is 0. The molecule has 18 heavy (non-hydrogen) atoms. The Bertz CT molecular complexity index is 263. The first-order valence-electron chi connectivity index (χ1n) is 6.90. The van der Waals surface area contributed by atoms with Crippen LogP contribution in [0.25, 0.3) is 0 Å². The SMILES string of the molecule is CC(C)CCCC(=O)C1CCC(C(F)(F)F)CC1. The van der Waals surface area contributed by atoms with Crippen LogP contribution in [0.3, 0.4) is 0 Å². The van der Waals surface area contributed by atoms with Crippen LogP contribution in [0.2, 0.25) is 0 Å². The number of hydrogen-bond donors (Lipinski definition) is 0. The zero-order valence-electron chi connectivity index (χ0n) is 11.2. The molecule has 0 N–H and O–H groups in total. The first-order chi connectivity index (χ1) is 8.30. The van der Waals surface area contributed by atoms with Gasteiger partial charge in [-0.2, -0.15) is 13.2 Å². The lowest BCUT2D eigenvalue weighted by molar-refractivity contribution is -0.184. The van der Waals surface area contributed by atoms with Gasteiger partial charge in [-0.1, -0.05) is 20.3 Å². The van der Waals surface area contributed by atoms with E-state index in [1.54, 1.807) is 0 Å². The van der Waals surface area contributed by atoms with Gasteiger partial charge in [0.15, 0.2) is 0 Å². The van der Waals surface area contributed by atoms with Crippen LogP contribution in [-0.2, 0) is 4.79 Å². The number of carbonyl (C=O) groups excluding carboxylic acids is 1. The second kappa shape index (κ2) is 6.58. The Morgan fingerprint density at radius 2 is 1.72 bits per heavy atom. The summed E-state index contributed by atoms with van der Waals surface area (Å²) in [5.74, 6) is -0.539. The Labute approximate surface area is 107 Å². The van der Waals surface area contributed by atoms with Gasteiger partial charge in [0.25, 0.3) is 0 Å². The van der Waals surface area contributed by atoms with Gasteiger partial charge in [0.2, 0.25) is 0 Å². The van der Waals surface area contributed by atoms with Gasteiger partial charge in [0.1, 0.15) is 5.78 Å². The molecule has 1 nitrogen and oxygen atoms in total. The molecule has 106 valence electrons. The first kappa shape index (κ1) is 15.5. The average Bonchev–Trinajstić information content (AvgIpc) is 2.27. The summed E-state index contributed by atoms with van der Waals surface area (Å²) in [5, 5.41) is 0. The largest absolute Gasteiger partial charge is 0.391 e. The molecule has 1 aliphatic rings. The molecule has 0 atom stereocenters. The van der Waals surface area contributed by atoms with Gasteiger partial charge in [-0.25, -0.2) is 0 Å². The molecule has 0 amide bonds. The van der Waals surface area contributed by atoms with E-state index in [1.807, 2.05) is 0 Å². The topological polar surface area (TPSA) is 17.1 Å². The molecule has 0 aliphatic heterocycles. The Morgan fingerprint density at radius 3 is 2.17 bits per heavy atom. The van der Waals surface area contributed by atoms with E-state index in [1.165, 1.54) is 0 Å². The van der Waals surface area contributed by atoms with E-state index in [-0.39, 0.29) is 24.5 Å². The van der Waals surface area contributed by atoms with Crippen LogP contribution in [0.4, 0.5) is 13.2 Å². The highest BCUT2D eigenvalue weighted by molar-refractivity contribution is 5.81. The van der Waals surface area contributed by atoms with Crippen molar-refractivity contribution in [2.45, 2.75) is 65.0 Å². The number of hydrogen-bond acceptors (Lipinski definition) is 1. The highest BCUT2D eigenvalue weighted by Gasteiger charge is 2.42. The number of alkyl halides is 3. The first-order valence-corrected chi connectivity index (χ1v) is 6.90. The summed E-state index contributed by atoms with van der Waals surface area (Å²) in [7, 11) is 0. The molecule has 0 radical (unpaired) electrons. The Morgan fingerprint density at radius 1 is 1.17 bits per heavy atom. The van der Waals surface area contributed by atoms with Crippen LogP contribution in [0.5, 0.6) is 0 Å². The zero-order valence-corrected chi connectivity index (χ0v) is 11.2. The molecule has 1 rings (SSSR count). The van der Waals surface area contributed by atoms with E-state index < -0.39 is 12.1 Å². The number of ketones is 1. The van der Waals surface area contributed by atoms with Gasteiger partial charge >= 0.3 is 6.18 Å². The van der Waals surface area contributed by atoms with Gasteiger partial charge in [0.05, 0.1) is 5.92 Å². The van der Waals surface area contributed by atoms with E-state index >= 15 is 0 Å². The fourth-order valence-electron chi connectivity index (χ4n) is 2.63. The van der Waals surface area contributed by atoms with Crippen molar-refractivity contribution in [3.63, 3.8) is 0 Å². The number of Topliss-reactive ketones (excluding diaryl/α,β-unsaturated/α-hetero) is 1. The van der Waals surface area contributed by atoms with Gasteiger partial charge in [-0.3, -0.25) is 4.79 Å². The third kappa shape index (κ3) is 4.99. The highest BCUT2D eigenvalue weighted by atomic mass is 19.4. The third-order valence-electron chi connectivity index (χ3n) is 3.85. The molecule has 0 aromatic carbocycles. The van der Waals surface area contributed by atoms with Gasteiger partial charge in [0, 0.05) is 12.3 Å². The molecule has 0 heterocycles. The predicted molar refractivity (Wildman–Crippen MR) is 65.2 cm³/mol. The van der Waals surface area contributed by atoms with Crippen molar-refractivity contribution in [2.24, 2.45) is 17.8 Å². The number of rotatable bonds is 5. The van der Waals surface area contributed by atoms with E-state index in [9.17, 15) is 18.0 Å². The van der Waals surface area contributed by atoms with E-state index in [4.69, 9.17) is 0 Å². The fraction of sp³-hybridized carbons (Fsp3) is 0.929. The van der Waals surface area contributed by atoms with Crippen LogP contribution >= 0.6 is 0 Å². The Balaban J connectivity index is 2.28.